The van der Waals surface area contributed by atoms with E-state index in [0.717, 1.165) is 11.8 Å². The predicted molar refractivity (Wildman–Crippen MR) is 128 cm³/mol. The number of nitriles is 1. The van der Waals surface area contributed by atoms with Gasteiger partial charge in [0, 0.05) is 31.0 Å². The van der Waals surface area contributed by atoms with Crippen LogP contribution in [0, 0.1) is 17.1 Å². The van der Waals surface area contributed by atoms with Gasteiger partial charge in [-0.15, -0.1) is 0 Å². The third kappa shape index (κ3) is 5.99. The van der Waals surface area contributed by atoms with E-state index in [4.69, 9.17) is 14.7 Å². The van der Waals surface area contributed by atoms with Crippen molar-refractivity contribution in [3.8, 4) is 17.6 Å². The Kier molecular flexibility index (Phi) is 7.64. The predicted octanol–water partition coefficient (Wildman–Crippen LogP) is 3.39. The van der Waals surface area contributed by atoms with Gasteiger partial charge in [0.2, 0.25) is 12.7 Å². The standard InChI is InChI=1S/C24H20FN5O4S/c25-18-4-1-5-19(17(18)12-26)27-9-10-28-23(32)16-3-2-8-29-24(16)35-13-22(31)30-15-6-7-20-21(11-15)34-14-33-20/h1-8,11,27H,9-10,13-14H2,(H,28,32)(H,30,31). The molecule has 0 atom stereocenters. The van der Waals surface area contributed by atoms with Gasteiger partial charge in [-0.2, -0.15) is 5.26 Å². The lowest BCUT2D eigenvalue weighted by Crippen LogP contribution is -2.29. The van der Waals surface area contributed by atoms with Gasteiger partial charge in [-0.1, -0.05) is 17.8 Å². The van der Waals surface area contributed by atoms with Crippen molar-refractivity contribution < 1.29 is 23.5 Å². The molecule has 0 spiro atoms. The summed E-state index contributed by atoms with van der Waals surface area (Å²) in [5.74, 6) is -0.00462. The van der Waals surface area contributed by atoms with Gasteiger partial charge in [-0.05, 0) is 36.4 Å². The minimum Gasteiger partial charge on any atom is -0.454 e. The molecule has 2 amide bonds. The van der Waals surface area contributed by atoms with Crippen LogP contribution in [0.4, 0.5) is 15.8 Å². The highest BCUT2D eigenvalue weighted by Crippen LogP contribution is 2.34. The summed E-state index contributed by atoms with van der Waals surface area (Å²) >= 11 is 1.14. The summed E-state index contributed by atoms with van der Waals surface area (Å²) in [7, 11) is 0. The zero-order valence-corrected chi connectivity index (χ0v) is 19.2. The first-order valence-electron chi connectivity index (χ1n) is 10.5. The Bertz CT molecular complexity index is 1300. The molecular weight excluding hydrogens is 473 g/mol. The molecule has 3 aromatic rings. The molecule has 0 radical (unpaired) electrons. The lowest BCUT2D eigenvalue weighted by Gasteiger charge is -2.11. The third-order valence-electron chi connectivity index (χ3n) is 4.86. The van der Waals surface area contributed by atoms with Crippen LogP contribution in [0.3, 0.4) is 0 Å². The number of amides is 2. The first kappa shape index (κ1) is 23.8. The number of ether oxygens (including phenoxy) is 2. The van der Waals surface area contributed by atoms with Crippen molar-refractivity contribution in [3.05, 3.63) is 71.7 Å². The Morgan fingerprint density at radius 3 is 2.83 bits per heavy atom. The number of nitrogens with one attached hydrogen (secondary N) is 3. The molecule has 0 fully saturated rings. The Morgan fingerprint density at radius 2 is 1.97 bits per heavy atom. The molecule has 0 saturated carbocycles. The van der Waals surface area contributed by atoms with E-state index in [1.54, 1.807) is 42.6 Å². The third-order valence-corrected chi connectivity index (χ3v) is 5.87. The van der Waals surface area contributed by atoms with Gasteiger partial charge in [-0.3, -0.25) is 9.59 Å². The summed E-state index contributed by atoms with van der Waals surface area (Å²) in [6, 6.07) is 14.5. The van der Waals surface area contributed by atoms with Gasteiger partial charge in [0.05, 0.1) is 17.0 Å². The summed E-state index contributed by atoms with van der Waals surface area (Å²) in [6.07, 6.45) is 1.55. The Labute approximate surface area is 204 Å². The number of benzene rings is 2. The van der Waals surface area contributed by atoms with Crippen LogP contribution in [0.5, 0.6) is 11.5 Å². The number of hydrogen-bond donors (Lipinski definition) is 3. The summed E-state index contributed by atoms with van der Waals surface area (Å²) in [5, 5.41) is 18.0. The molecule has 4 rings (SSSR count). The van der Waals surface area contributed by atoms with E-state index in [1.807, 2.05) is 6.07 Å². The van der Waals surface area contributed by atoms with Crippen LogP contribution in [0.15, 0.2) is 59.8 Å². The SMILES string of the molecule is N#Cc1c(F)cccc1NCCNC(=O)c1cccnc1SCC(=O)Nc1ccc2c(c1)OCO2. The maximum absolute atomic E-state index is 13.7. The molecule has 11 heteroatoms. The lowest BCUT2D eigenvalue weighted by molar-refractivity contribution is -0.113. The van der Waals surface area contributed by atoms with Crippen LogP contribution < -0.4 is 25.4 Å². The smallest absolute Gasteiger partial charge is 0.254 e. The molecule has 0 unspecified atom stereocenters. The maximum atomic E-state index is 13.7. The van der Waals surface area contributed by atoms with Crippen LogP contribution in [0.25, 0.3) is 0 Å². The van der Waals surface area contributed by atoms with Crippen LogP contribution >= 0.6 is 11.8 Å². The second kappa shape index (κ2) is 11.2. The number of halogens is 1. The zero-order valence-electron chi connectivity index (χ0n) is 18.3. The van der Waals surface area contributed by atoms with Crippen molar-refractivity contribution in [3.63, 3.8) is 0 Å². The second-order valence-corrected chi connectivity index (χ2v) is 8.18. The molecule has 35 heavy (non-hydrogen) atoms. The highest BCUT2D eigenvalue weighted by molar-refractivity contribution is 8.00. The van der Waals surface area contributed by atoms with Crippen molar-refractivity contribution in [2.75, 3.05) is 36.3 Å². The average Bonchev–Trinajstić information content (AvgIpc) is 3.33. The Hall–Kier alpha value is -4.30. The number of fused-ring (bicyclic) bond motifs is 1. The first-order valence-corrected chi connectivity index (χ1v) is 11.5. The van der Waals surface area contributed by atoms with Crippen LogP contribution in [-0.4, -0.2) is 42.4 Å². The van der Waals surface area contributed by atoms with E-state index < -0.39 is 5.82 Å². The van der Waals surface area contributed by atoms with Crippen LogP contribution in [0.2, 0.25) is 0 Å². The molecule has 0 bridgehead atoms. The molecule has 2 heterocycles. The monoisotopic (exact) mass is 493 g/mol. The number of hydrogen-bond acceptors (Lipinski definition) is 8. The lowest BCUT2D eigenvalue weighted by atomic mass is 10.2. The quantitative estimate of drug-likeness (QED) is 0.306. The van der Waals surface area contributed by atoms with E-state index in [-0.39, 0.29) is 43.0 Å². The molecule has 178 valence electrons. The van der Waals surface area contributed by atoms with Crippen molar-refractivity contribution in [2.45, 2.75) is 5.03 Å². The number of thioether (sulfide) groups is 1. The highest BCUT2D eigenvalue weighted by atomic mass is 32.2. The number of rotatable bonds is 9. The zero-order chi connectivity index (χ0) is 24.6. The van der Waals surface area contributed by atoms with Crippen molar-refractivity contribution in [1.82, 2.24) is 10.3 Å². The largest absolute Gasteiger partial charge is 0.454 e. The van der Waals surface area contributed by atoms with E-state index in [2.05, 4.69) is 20.9 Å². The van der Waals surface area contributed by atoms with E-state index in [0.29, 0.717) is 33.5 Å². The number of aromatic nitrogens is 1. The normalized spacial score (nSPS) is 11.4. The van der Waals surface area contributed by atoms with Gasteiger partial charge in [-0.25, -0.2) is 9.37 Å². The molecule has 1 aromatic heterocycles. The fourth-order valence-corrected chi connectivity index (χ4v) is 4.03. The number of nitrogens with zero attached hydrogens (tertiary/aromatic N) is 2. The fraction of sp³-hybridized carbons (Fsp3) is 0.167. The molecule has 0 aliphatic carbocycles. The number of carbonyl (C=O) groups is 2. The molecule has 3 N–H and O–H groups in total. The number of pyridine rings is 1. The van der Waals surface area contributed by atoms with E-state index in [1.165, 1.54) is 12.1 Å². The van der Waals surface area contributed by atoms with Gasteiger partial charge in [0.1, 0.15) is 22.5 Å². The molecule has 1 aliphatic heterocycles. The van der Waals surface area contributed by atoms with Crippen LogP contribution in [0.1, 0.15) is 15.9 Å². The molecule has 9 nitrogen and oxygen atoms in total. The van der Waals surface area contributed by atoms with Gasteiger partial charge in [0.15, 0.2) is 11.5 Å². The van der Waals surface area contributed by atoms with Gasteiger partial charge >= 0.3 is 0 Å². The fourth-order valence-electron chi connectivity index (χ4n) is 3.24. The highest BCUT2D eigenvalue weighted by Gasteiger charge is 2.16. The summed E-state index contributed by atoms with van der Waals surface area (Å²) in [6.45, 7) is 0.656. The van der Waals surface area contributed by atoms with Crippen LogP contribution in [-0.2, 0) is 4.79 Å². The maximum Gasteiger partial charge on any atom is 0.254 e. The molecular formula is C24H20FN5O4S. The Morgan fingerprint density at radius 1 is 1.11 bits per heavy atom. The van der Waals surface area contributed by atoms with E-state index in [9.17, 15) is 14.0 Å². The summed E-state index contributed by atoms with van der Waals surface area (Å²) in [5.41, 5.74) is 1.18. The molecule has 1 aliphatic rings. The molecule has 2 aromatic carbocycles. The Balaban J connectivity index is 1.28. The first-order chi connectivity index (χ1) is 17.0. The topological polar surface area (TPSA) is 125 Å². The second-order valence-electron chi connectivity index (χ2n) is 7.22. The minimum absolute atomic E-state index is 0.0454. The number of anilines is 2. The summed E-state index contributed by atoms with van der Waals surface area (Å²) in [4.78, 5) is 29.3. The van der Waals surface area contributed by atoms with Gasteiger partial charge < -0.3 is 25.4 Å². The summed E-state index contributed by atoms with van der Waals surface area (Å²) < 4.78 is 24.2. The molecule has 0 saturated heterocycles. The van der Waals surface area contributed by atoms with Gasteiger partial charge in [0.25, 0.3) is 5.91 Å². The average molecular weight is 494 g/mol. The minimum atomic E-state index is -0.610. The van der Waals surface area contributed by atoms with Crippen molar-refractivity contribution in [2.24, 2.45) is 0 Å². The van der Waals surface area contributed by atoms with Crippen molar-refractivity contribution in [1.29, 1.82) is 5.26 Å². The van der Waals surface area contributed by atoms with Crippen molar-refractivity contribution >= 4 is 35.0 Å². The van der Waals surface area contributed by atoms with E-state index >= 15 is 0 Å². The number of carbonyl (C=O) groups excluding carboxylic acids is 2.